The van der Waals surface area contributed by atoms with Crippen LogP contribution < -0.4 is 4.90 Å². The molecule has 0 amide bonds. The summed E-state index contributed by atoms with van der Waals surface area (Å²) < 4.78 is 6.32. The van der Waals surface area contributed by atoms with Crippen molar-refractivity contribution in [2.45, 2.75) is 19.3 Å². The molecule has 0 saturated carbocycles. The van der Waals surface area contributed by atoms with Gasteiger partial charge >= 0.3 is 0 Å². The Kier molecular flexibility index (Phi) is 8.55. The Morgan fingerprint density at radius 3 is 1.75 bits per heavy atom. The molecule has 12 rings (SSSR count). The minimum atomic E-state index is -0.116. The van der Waals surface area contributed by atoms with Crippen LogP contribution in [0, 0.1) is 0 Å². The highest BCUT2D eigenvalue weighted by molar-refractivity contribution is 6.09. The zero-order valence-electron chi connectivity index (χ0n) is 35.2. The second-order valence-corrected chi connectivity index (χ2v) is 17.2. The first kappa shape index (κ1) is 36.9. The normalized spacial score (nSPS) is 12.7. The second kappa shape index (κ2) is 14.6. The molecular weight excluding hydrogens is 763 g/mol. The maximum atomic E-state index is 6.32. The highest BCUT2D eigenvalue weighted by atomic mass is 16.3. The van der Waals surface area contributed by atoms with Gasteiger partial charge in [0.25, 0.3) is 0 Å². The molecule has 0 atom stereocenters. The number of benzene rings is 10. The van der Waals surface area contributed by atoms with Crippen LogP contribution in [0.5, 0.6) is 0 Å². The zero-order valence-corrected chi connectivity index (χ0v) is 35.2. The highest BCUT2D eigenvalue weighted by Crippen LogP contribution is 2.52. The fourth-order valence-corrected chi connectivity index (χ4v) is 10.2. The molecular formula is C61H43NO. The Labute approximate surface area is 368 Å². The first-order valence-corrected chi connectivity index (χ1v) is 21.8. The van der Waals surface area contributed by atoms with Crippen LogP contribution >= 0.6 is 0 Å². The van der Waals surface area contributed by atoms with E-state index >= 15 is 0 Å². The number of nitrogens with zero attached hydrogens (tertiary/aromatic N) is 1. The van der Waals surface area contributed by atoms with Gasteiger partial charge in [-0.1, -0.05) is 190 Å². The minimum absolute atomic E-state index is 0.116. The highest BCUT2D eigenvalue weighted by Gasteiger charge is 2.35. The number of para-hydroxylation sites is 3. The lowest BCUT2D eigenvalue weighted by molar-refractivity contribution is 0.660. The topological polar surface area (TPSA) is 16.4 Å². The summed E-state index contributed by atoms with van der Waals surface area (Å²) in [4.78, 5) is 2.47. The molecule has 298 valence electrons. The van der Waals surface area contributed by atoms with E-state index in [1.54, 1.807) is 0 Å². The summed E-state index contributed by atoms with van der Waals surface area (Å²) >= 11 is 0. The molecule has 0 N–H and O–H groups in total. The fourth-order valence-electron chi connectivity index (χ4n) is 10.2. The van der Waals surface area contributed by atoms with E-state index in [0.717, 1.165) is 55.7 Å². The third-order valence-corrected chi connectivity index (χ3v) is 13.3. The number of hydrogen-bond acceptors (Lipinski definition) is 2. The summed E-state index contributed by atoms with van der Waals surface area (Å²) in [6.45, 7) is 4.72. The van der Waals surface area contributed by atoms with Gasteiger partial charge in [0.05, 0.1) is 11.4 Å². The first-order chi connectivity index (χ1) is 31.0. The lowest BCUT2D eigenvalue weighted by atomic mass is 9.81. The molecule has 0 aliphatic heterocycles. The van der Waals surface area contributed by atoms with E-state index in [1.165, 1.54) is 60.8 Å². The molecule has 1 aromatic heterocycles. The van der Waals surface area contributed by atoms with Crippen molar-refractivity contribution in [2.24, 2.45) is 0 Å². The zero-order chi connectivity index (χ0) is 42.1. The molecule has 0 bridgehead atoms. The van der Waals surface area contributed by atoms with Crippen molar-refractivity contribution < 1.29 is 4.42 Å². The first-order valence-electron chi connectivity index (χ1n) is 21.8. The molecule has 1 aliphatic rings. The van der Waals surface area contributed by atoms with Gasteiger partial charge in [-0.3, -0.25) is 0 Å². The van der Waals surface area contributed by atoms with Gasteiger partial charge in [-0.05, 0) is 115 Å². The van der Waals surface area contributed by atoms with Crippen LogP contribution in [-0.4, -0.2) is 0 Å². The van der Waals surface area contributed by atoms with Crippen LogP contribution in [0.25, 0.3) is 88.3 Å². The quantitative estimate of drug-likeness (QED) is 0.160. The number of furan rings is 1. The van der Waals surface area contributed by atoms with E-state index in [1.807, 2.05) is 12.1 Å². The molecule has 10 aromatic carbocycles. The van der Waals surface area contributed by atoms with Crippen LogP contribution in [0.4, 0.5) is 17.1 Å². The predicted molar refractivity (Wildman–Crippen MR) is 265 cm³/mol. The molecule has 0 spiro atoms. The maximum Gasteiger partial charge on any atom is 0.136 e. The third-order valence-electron chi connectivity index (χ3n) is 13.3. The summed E-state index contributed by atoms with van der Waals surface area (Å²) in [7, 11) is 0. The number of rotatable bonds is 7. The van der Waals surface area contributed by atoms with E-state index in [9.17, 15) is 0 Å². The van der Waals surface area contributed by atoms with Crippen molar-refractivity contribution in [1.82, 2.24) is 0 Å². The second-order valence-electron chi connectivity index (χ2n) is 17.2. The van der Waals surface area contributed by atoms with Crippen molar-refractivity contribution in [1.29, 1.82) is 0 Å². The Hall–Kier alpha value is -7.94. The van der Waals surface area contributed by atoms with Gasteiger partial charge in [-0.25, -0.2) is 0 Å². The van der Waals surface area contributed by atoms with E-state index < -0.39 is 0 Å². The van der Waals surface area contributed by atoms with Crippen molar-refractivity contribution in [3.05, 3.63) is 236 Å². The molecule has 2 heteroatoms. The van der Waals surface area contributed by atoms with Crippen LogP contribution in [-0.2, 0) is 5.41 Å². The lowest BCUT2D eigenvalue weighted by Crippen LogP contribution is -2.15. The van der Waals surface area contributed by atoms with Crippen molar-refractivity contribution in [3.8, 4) is 55.6 Å². The van der Waals surface area contributed by atoms with E-state index in [0.29, 0.717) is 0 Å². The molecule has 1 heterocycles. The van der Waals surface area contributed by atoms with Crippen molar-refractivity contribution >= 4 is 49.8 Å². The van der Waals surface area contributed by atoms with Gasteiger partial charge < -0.3 is 9.32 Å². The van der Waals surface area contributed by atoms with Crippen LogP contribution in [0.2, 0.25) is 0 Å². The molecule has 63 heavy (non-hydrogen) atoms. The Morgan fingerprint density at radius 1 is 0.349 bits per heavy atom. The van der Waals surface area contributed by atoms with Gasteiger partial charge in [-0.2, -0.15) is 0 Å². The monoisotopic (exact) mass is 805 g/mol. The van der Waals surface area contributed by atoms with E-state index in [4.69, 9.17) is 4.42 Å². The number of fused-ring (bicyclic) bond motifs is 7. The van der Waals surface area contributed by atoms with Gasteiger partial charge in [0.15, 0.2) is 0 Å². The van der Waals surface area contributed by atoms with E-state index in [2.05, 4.69) is 231 Å². The predicted octanol–water partition coefficient (Wildman–Crippen LogP) is 17.2. The SMILES string of the molecule is CC1(C)c2ccccc2-c2ccc(-c3ccccc3N(c3ccc(-c4ccc5c(c4)oc4ccccc45)cc3)c3ccccc3-c3cccc4cccc(-c5ccccc5)c34)cc21. The van der Waals surface area contributed by atoms with Crippen molar-refractivity contribution in [3.63, 3.8) is 0 Å². The summed E-state index contributed by atoms with van der Waals surface area (Å²) in [5.41, 5.74) is 19.7. The summed E-state index contributed by atoms with van der Waals surface area (Å²) in [5.74, 6) is 0. The number of anilines is 3. The standard InChI is InChI=1S/C61H43NO/c1-61(2)54-26-10-6-21-48(54)49-36-33-44(38-55(49)61)46-20-7-11-27-56(46)62(45-34-30-40(31-35-45)43-32-37-52-51-23-9-13-29-58(51)63-59(52)39-43)57-28-12-8-22-50(57)53-25-15-19-42-18-14-24-47(60(42)53)41-16-4-3-5-17-41/h3-39H,1-2H3. The fraction of sp³-hybridized carbons (Fsp3) is 0.0492. The summed E-state index contributed by atoms with van der Waals surface area (Å²) in [5, 5.41) is 4.72. The summed E-state index contributed by atoms with van der Waals surface area (Å²) in [6.07, 6.45) is 0. The molecule has 0 saturated heterocycles. The van der Waals surface area contributed by atoms with Gasteiger partial charge in [0, 0.05) is 33.0 Å². The maximum absolute atomic E-state index is 6.32. The average Bonchev–Trinajstić information content (AvgIpc) is 3.83. The average molecular weight is 806 g/mol. The molecule has 0 fully saturated rings. The lowest BCUT2D eigenvalue weighted by Gasteiger charge is -2.30. The largest absolute Gasteiger partial charge is 0.456 e. The summed E-state index contributed by atoms with van der Waals surface area (Å²) in [6, 6.07) is 81.8. The van der Waals surface area contributed by atoms with Crippen molar-refractivity contribution in [2.75, 3.05) is 4.90 Å². The molecule has 0 unspecified atom stereocenters. The molecule has 0 radical (unpaired) electrons. The Balaban J connectivity index is 1.05. The van der Waals surface area contributed by atoms with E-state index in [-0.39, 0.29) is 5.41 Å². The Morgan fingerprint density at radius 2 is 0.937 bits per heavy atom. The molecule has 2 nitrogen and oxygen atoms in total. The van der Waals surface area contributed by atoms with Gasteiger partial charge in [-0.15, -0.1) is 0 Å². The third kappa shape index (κ3) is 6.02. The molecule has 1 aliphatic carbocycles. The Bertz CT molecular complexity index is 3530. The van der Waals surface area contributed by atoms with Gasteiger partial charge in [0.1, 0.15) is 11.2 Å². The van der Waals surface area contributed by atoms with Gasteiger partial charge in [0.2, 0.25) is 0 Å². The van der Waals surface area contributed by atoms with Crippen LogP contribution in [0.15, 0.2) is 229 Å². The smallest absolute Gasteiger partial charge is 0.136 e. The minimum Gasteiger partial charge on any atom is -0.456 e. The van der Waals surface area contributed by atoms with Crippen LogP contribution in [0.1, 0.15) is 25.0 Å². The van der Waals surface area contributed by atoms with Crippen LogP contribution in [0.3, 0.4) is 0 Å². The molecule has 11 aromatic rings. The number of hydrogen-bond donors (Lipinski definition) is 0.